The molecular weight excluding hydrogens is 328 g/mol. The third kappa shape index (κ3) is 6.43. The number of hydrogen-bond donors (Lipinski definition) is 2. The Balaban J connectivity index is 1.70. The summed E-state index contributed by atoms with van der Waals surface area (Å²) in [5.41, 5.74) is 1.95. The zero-order valence-corrected chi connectivity index (χ0v) is 15.1. The van der Waals surface area contributed by atoms with E-state index in [1.54, 1.807) is 13.2 Å². The lowest BCUT2D eigenvalue weighted by molar-refractivity contribution is -0.121. The Morgan fingerprint density at radius 1 is 1.08 bits per heavy atom. The van der Waals surface area contributed by atoms with Crippen LogP contribution in [-0.2, 0) is 9.59 Å². The van der Waals surface area contributed by atoms with Gasteiger partial charge in [-0.1, -0.05) is 42.5 Å². The highest BCUT2D eigenvalue weighted by Gasteiger charge is 2.09. The molecule has 5 nitrogen and oxygen atoms in total. The van der Waals surface area contributed by atoms with Gasteiger partial charge in [-0.3, -0.25) is 9.59 Å². The van der Waals surface area contributed by atoms with Gasteiger partial charge in [0.05, 0.1) is 13.2 Å². The molecule has 2 aromatic rings. The topological polar surface area (TPSA) is 67.4 Å². The van der Waals surface area contributed by atoms with Crippen molar-refractivity contribution in [1.82, 2.24) is 10.6 Å². The summed E-state index contributed by atoms with van der Waals surface area (Å²) < 4.78 is 5.08. The van der Waals surface area contributed by atoms with Crippen LogP contribution in [0, 0.1) is 0 Å². The summed E-state index contributed by atoms with van der Waals surface area (Å²) in [6.07, 6.45) is 3.40. The number of nitrogens with one attached hydrogen (secondary N) is 2. The van der Waals surface area contributed by atoms with Gasteiger partial charge >= 0.3 is 0 Å². The Kier molecular flexibility index (Phi) is 7.43. The molecule has 0 fully saturated rings. The second-order valence-corrected chi connectivity index (χ2v) is 5.85. The van der Waals surface area contributed by atoms with Crippen molar-refractivity contribution in [2.45, 2.75) is 19.4 Å². The Bertz CT molecular complexity index is 740. The molecule has 0 saturated carbocycles. The van der Waals surface area contributed by atoms with Gasteiger partial charge in [0.1, 0.15) is 5.75 Å². The van der Waals surface area contributed by atoms with Crippen molar-refractivity contribution >= 4 is 17.9 Å². The Morgan fingerprint density at radius 2 is 1.77 bits per heavy atom. The first-order valence-corrected chi connectivity index (χ1v) is 8.53. The smallest absolute Gasteiger partial charge is 0.244 e. The van der Waals surface area contributed by atoms with Crippen LogP contribution in [0.25, 0.3) is 6.08 Å². The third-order valence-corrected chi connectivity index (χ3v) is 3.87. The fraction of sp³-hybridized carbons (Fsp3) is 0.238. The van der Waals surface area contributed by atoms with Crippen molar-refractivity contribution in [1.29, 1.82) is 0 Å². The molecule has 1 atom stereocenters. The van der Waals surface area contributed by atoms with Crippen LogP contribution in [-0.4, -0.2) is 25.5 Å². The van der Waals surface area contributed by atoms with Gasteiger partial charge in [0.15, 0.2) is 0 Å². The maximum Gasteiger partial charge on any atom is 0.244 e. The minimum Gasteiger partial charge on any atom is -0.497 e. The van der Waals surface area contributed by atoms with Crippen LogP contribution in [0.15, 0.2) is 60.7 Å². The fourth-order valence-corrected chi connectivity index (χ4v) is 2.38. The predicted molar refractivity (Wildman–Crippen MR) is 103 cm³/mol. The van der Waals surface area contributed by atoms with Gasteiger partial charge in [-0.2, -0.15) is 0 Å². The van der Waals surface area contributed by atoms with E-state index in [1.807, 2.05) is 61.5 Å². The van der Waals surface area contributed by atoms with Crippen molar-refractivity contribution < 1.29 is 14.3 Å². The van der Waals surface area contributed by atoms with Gasteiger partial charge in [0.2, 0.25) is 11.8 Å². The number of amides is 2. The predicted octanol–water partition coefficient (Wildman–Crippen LogP) is 3.09. The number of carbonyl (C=O) groups is 2. The third-order valence-electron chi connectivity index (χ3n) is 3.87. The van der Waals surface area contributed by atoms with Gasteiger partial charge in [-0.25, -0.2) is 0 Å². The monoisotopic (exact) mass is 352 g/mol. The summed E-state index contributed by atoms with van der Waals surface area (Å²) in [6.45, 7) is 2.22. The summed E-state index contributed by atoms with van der Waals surface area (Å²) in [4.78, 5) is 23.8. The lowest BCUT2D eigenvalue weighted by atomic mass is 10.1. The van der Waals surface area contributed by atoms with E-state index >= 15 is 0 Å². The average molecular weight is 352 g/mol. The maximum absolute atomic E-state index is 12.0. The molecule has 2 aromatic carbocycles. The lowest BCUT2D eigenvalue weighted by Gasteiger charge is -2.14. The molecule has 0 spiro atoms. The summed E-state index contributed by atoms with van der Waals surface area (Å²) in [7, 11) is 1.61. The van der Waals surface area contributed by atoms with Crippen LogP contribution in [0.1, 0.15) is 30.5 Å². The molecular formula is C21H24N2O3. The van der Waals surface area contributed by atoms with E-state index < -0.39 is 0 Å². The second kappa shape index (κ2) is 10.0. The van der Waals surface area contributed by atoms with Crippen LogP contribution in [0.2, 0.25) is 0 Å². The SMILES string of the molecule is COc1ccc(/C=C/C(=O)NCCC(=O)N[C@H](C)c2ccccc2)cc1. The minimum absolute atomic E-state index is 0.0608. The highest BCUT2D eigenvalue weighted by Crippen LogP contribution is 2.12. The number of carbonyl (C=O) groups excluding carboxylic acids is 2. The van der Waals surface area contributed by atoms with Crippen LogP contribution in [0.5, 0.6) is 5.75 Å². The minimum atomic E-state index is -0.232. The van der Waals surface area contributed by atoms with Gasteiger partial charge in [-0.05, 0) is 36.3 Å². The van der Waals surface area contributed by atoms with Crippen LogP contribution in [0.3, 0.4) is 0 Å². The van der Waals surface area contributed by atoms with E-state index in [0.29, 0.717) is 6.54 Å². The molecule has 0 saturated heterocycles. The molecule has 0 radical (unpaired) electrons. The average Bonchev–Trinajstić information content (AvgIpc) is 2.67. The number of hydrogen-bond acceptors (Lipinski definition) is 3. The van der Waals surface area contributed by atoms with Crippen LogP contribution < -0.4 is 15.4 Å². The first-order valence-electron chi connectivity index (χ1n) is 8.53. The van der Waals surface area contributed by atoms with E-state index in [4.69, 9.17) is 4.74 Å². The Labute approximate surface area is 154 Å². The zero-order valence-electron chi connectivity index (χ0n) is 15.1. The molecule has 0 aliphatic heterocycles. The van der Waals surface area contributed by atoms with E-state index in [0.717, 1.165) is 16.9 Å². The van der Waals surface area contributed by atoms with Crippen molar-refractivity contribution in [3.05, 3.63) is 71.8 Å². The Morgan fingerprint density at radius 3 is 2.42 bits per heavy atom. The van der Waals surface area contributed by atoms with Crippen LogP contribution >= 0.6 is 0 Å². The lowest BCUT2D eigenvalue weighted by Crippen LogP contribution is -2.31. The molecule has 2 N–H and O–H groups in total. The maximum atomic E-state index is 12.0. The van der Waals surface area contributed by atoms with E-state index in [9.17, 15) is 9.59 Å². The normalized spacial score (nSPS) is 11.8. The highest BCUT2D eigenvalue weighted by molar-refractivity contribution is 5.92. The van der Waals surface area contributed by atoms with E-state index in [-0.39, 0.29) is 24.3 Å². The van der Waals surface area contributed by atoms with E-state index in [1.165, 1.54) is 6.08 Å². The molecule has 2 amide bonds. The fourth-order valence-electron chi connectivity index (χ4n) is 2.38. The van der Waals surface area contributed by atoms with Crippen molar-refractivity contribution in [3.8, 4) is 5.75 Å². The molecule has 0 aliphatic carbocycles. The molecule has 0 aliphatic rings. The van der Waals surface area contributed by atoms with Gasteiger partial charge in [0, 0.05) is 19.0 Å². The Hall–Kier alpha value is -3.08. The summed E-state index contributed by atoms with van der Waals surface area (Å²) in [5.74, 6) is 0.438. The highest BCUT2D eigenvalue weighted by atomic mass is 16.5. The van der Waals surface area contributed by atoms with Crippen LogP contribution in [0.4, 0.5) is 0 Å². The first kappa shape index (κ1) is 19.2. The summed E-state index contributed by atoms with van der Waals surface area (Å²) in [6, 6.07) is 17.1. The second-order valence-electron chi connectivity index (χ2n) is 5.85. The number of methoxy groups -OCH3 is 1. The molecule has 5 heteroatoms. The number of rotatable bonds is 8. The molecule has 0 heterocycles. The van der Waals surface area contributed by atoms with Crippen molar-refractivity contribution in [2.75, 3.05) is 13.7 Å². The van der Waals surface area contributed by atoms with Gasteiger partial charge in [-0.15, -0.1) is 0 Å². The first-order chi connectivity index (χ1) is 12.6. The van der Waals surface area contributed by atoms with Crippen molar-refractivity contribution in [3.63, 3.8) is 0 Å². The number of ether oxygens (including phenoxy) is 1. The molecule has 0 bridgehead atoms. The van der Waals surface area contributed by atoms with Crippen molar-refractivity contribution in [2.24, 2.45) is 0 Å². The van der Waals surface area contributed by atoms with Gasteiger partial charge in [0.25, 0.3) is 0 Å². The summed E-state index contributed by atoms with van der Waals surface area (Å²) >= 11 is 0. The molecule has 0 unspecified atom stereocenters. The molecule has 0 aromatic heterocycles. The van der Waals surface area contributed by atoms with Gasteiger partial charge < -0.3 is 15.4 Å². The summed E-state index contributed by atoms with van der Waals surface area (Å²) in [5, 5.41) is 5.63. The number of benzene rings is 2. The quantitative estimate of drug-likeness (QED) is 0.718. The van der Waals surface area contributed by atoms with E-state index in [2.05, 4.69) is 10.6 Å². The molecule has 136 valence electrons. The largest absolute Gasteiger partial charge is 0.497 e. The zero-order chi connectivity index (χ0) is 18.8. The molecule has 26 heavy (non-hydrogen) atoms. The molecule has 2 rings (SSSR count). The standard InChI is InChI=1S/C21H24N2O3/c1-16(18-6-4-3-5-7-18)23-21(25)14-15-22-20(24)13-10-17-8-11-19(26-2)12-9-17/h3-13,16H,14-15H2,1-2H3,(H,22,24)(H,23,25)/b13-10+/t16-/m1/s1.